The quantitative estimate of drug-likeness (QED) is 0.836. The number of hydrogen-bond acceptors (Lipinski definition) is 6. The van der Waals surface area contributed by atoms with Gasteiger partial charge in [-0.1, -0.05) is 0 Å². The van der Waals surface area contributed by atoms with E-state index in [-0.39, 0.29) is 6.67 Å². The summed E-state index contributed by atoms with van der Waals surface area (Å²) in [5.74, 6) is 3.82. The Labute approximate surface area is 146 Å². The van der Waals surface area contributed by atoms with Crippen LogP contribution in [0.2, 0.25) is 0 Å². The van der Waals surface area contributed by atoms with E-state index in [1.807, 2.05) is 13.0 Å². The van der Waals surface area contributed by atoms with Crippen LogP contribution in [-0.2, 0) is 0 Å². The smallest absolute Gasteiger partial charge is 0.153 e. The third-order valence-electron chi connectivity index (χ3n) is 4.79. The van der Waals surface area contributed by atoms with Crippen LogP contribution in [0.15, 0.2) is 12.1 Å². The van der Waals surface area contributed by atoms with Gasteiger partial charge in [-0.05, 0) is 19.8 Å². The van der Waals surface area contributed by atoms with Crippen molar-refractivity contribution in [2.24, 2.45) is 0 Å². The molecule has 134 valence electrons. The molecule has 1 aliphatic heterocycles. The molecule has 0 bridgehead atoms. The van der Waals surface area contributed by atoms with Crippen molar-refractivity contribution in [3.8, 4) is 0 Å². The number of halogens is 1. The number of nitrogens with zero attached hydrogens (tertiary/aromatic N) is 5. The van der Waals surface area contributed by atoms with Gasteiger partial charge in [0.2, 0.25) is 0 Å². The van der Waals surface area contributed by atoms with Gasteiger partial charge in [-0.3, -0.25) is 10.00 Å². The summed E-state index contributed by atoms with van der Waals surface area (Å²) in [5.41, 5.74) is 1.19. The van der Waals surface area contributed by atoms with Gasteiger partial charge in [0.15, 0.2) is 5.82 Å². The van der Waals surface area contributed by atoms with E-state index in [1.54, 1.807) is 0 Å². The molecule has 1 saturated carbocycles. The zero-order valence-corrected chi connectivity index (χ0v) is 14.5. The highest BCUT2D eigenvalue weighted by Gasteiger charge is 2.25. The molecule has 0 radical (unpaired) electrons. The second-order valence-electron chi connectivity index (χ2n) is 6.78. The first-order chi connectivity index (χ1) is 12.2. The molecular weight excluding hydrogens is 321 g/mol. The summed E-state index contributed by atoms with van der Waals surface area (Å²) in [6, 6.07) is 4.02. The number of aromatic amines is 1. The minimum atomic E-state index is -0.285. The van der Waals surface area contributed by atoms with Crippen molar-refractivity contribution in [3.63, 3.8) is 0 Å². The molecule has 2 fully saturated rings. The molecule has 2 aromatic heterocycles. The number of hydrogen-bond donors (Lipinski definition) is 2. The van der Waals surface area contributed by atoms with Crippen LogP contribution in [0.3, 0.4) is 0 Å². The van der Waals surface area contributed by atoms with E-state index in [0.29, 0.717) is 12.5 Å². The molecule has 0 aromatic carbocycles. The van der Waals surface area contributed by atoms with Crippen molar-refractivity contribution >= 4 is 17.5 Å². The van der Waals surface area contributed by atoms with Crippen LogP contribution in [0.25, 0.3) is 0 Å². The van der Waals surface area contributed by atoms with Crippen molar-refractivity contribution in [3.05, 3.63) is 23.7 Å². The van der Waals surface area contributed by atoms with Gasteiger partial charge in [-0.25, -0.2) is 14.4 Å². The van der Waals surface area contributed by atoms with Gasteiger partial charge in [0, 0.05) is 56.5 Å². The lowest BCUT2D eigenvalue weighted by atomic mass is 10.3. The lowest BCUT2D eigenvalue weighted by Crippen LogP contribution is -2.47. The molecular formula is C17H24FN7. The van der Waals surface area contributed by atoms with E-state index < -0.39 is 0 Å². The van der Waals surface area contributed by atoms with E-state index in [2.05, 4.69) is 41.3 Å². The predicted molar refractivity (Wildman–Crippen MR) is 95.2 cm³/mol. The van der Waals surface area contributed by atoms with Gasteiger partial charge >= 0.3 is 0 Å². The van der Waals surface area contributed by atoms with E-state index in [4.69, 9.17) is 0 Å². The average Bonchev–Trinajstić information content (AvgIpc) is 3.35. The Hall–Kier alpha value is -2.22. The molecule has 1 aliphatic carbocycles. The highest BCUT2D eigenvalue weighted by Crippen LogP contribution is 2.39. The minimum Gasteiger partial charge on any atom is -0.354 e. The van der Waals surface area contributed by atoms with Crippen LogP contribution in [0.1, 0.15) is 30.3 Å². The number of aryl methyl sites for hydroxylation is 1. The highest BCUT2D eigenvalue weighted by molar-refractivity contribution is 5.57. The van der Waals surface area contributed by atoms with Crippen molar-refractivity contribution in [1.82, 2.24) is 25.1 Å². The zero-order valence-electron chi connectivity index (χ0n) is 14.5. The van der Waals surface area contributed by atoms with Crippen molar-refractivity contribution in [2.75, 3.05) is 49.6 Å². The molecule has 2 aliphatic rings. The van der Waals surface area contributed by atoms with E-state index in [9.17, 15) is 4.39 Å². The molecule has 2 N–H and O–H groups in total. The first-order valence-corrected chi connectivity index (χ1v) is 8.92. The molecule has 0 unspecified atom stereocenters. The highest BCUT2D eigenvalue weighted by atomic mass is 19.1. The molecule has 3 heterocycles. The summed E-state index contributed by atoms with van der Waals surface area (Å²) in [5, 5.41) is 10.7. The summed E-state index contributed by atoms with van der Waals surface area (Å²) >= 11 is 0. The Bertz CT molecular complexity index is 720. The van der Waals surface area contributed by atoms with Crippen LogP contribution in [-0.4, -0.2) is 64.5 Å². The maximum absolute atomic E-state index is 12.5. The molecule has 0 amide bonds. The molecule has 4 rings (SSSR count). The Balaban J connectivity index is 1.44. The number of aromatic nitrogens is 4. The largest absolute Gasteiger partial charge is 0.354 e. The number of H-pyrrole nitrogens is 1. The predicted octanol–water partition coefficient (Wildman–Crippen LogP) is 2.22. The fourth-order valence-corrected chi connectivity index (χ4v) is 3.23. The van der Waals surface area contributed by atoms with Gasteiger partial charge in [0.25, 0.3) is 0 Å². The molecule has 7 nitrogen and oxygen atoms in total. The maximum atomic E-state index is 12.5. The lowest BCUT2D eigenvalue weighted by molar-refractivity contribution is 0.235. The molecule has 0 spiro atoms. The van der Waals surface area contributed by atoms with Gasteiger partial charge < -0.3 is 10.2 Å². The zero-order chi connectivity index (χ0) is 17.2. The average molecular weight is 345 g/mol. The fourth-order valence-electron chi connectivity index (χ4n) is 3.23. The number of anilines is 3. The van der Waals surface area contributed by atoms with Crippen LogP contribution in [0.5, 0.6) is 0 Å². The Morgan fingerprint density at radius 1 is 1.16 bits per heavy atom. The monoisotopic (exact) mass is 345 g/mol. The van der Waals surface area contributed by atoms with Crippen LogP contribution in [0, 0.1) is 6.92 Å². The summed E-state index contributed by atoms with van der Waals surface area (Å²) in [4.78, 5) is 13.4. The van der Waals surface area contributed by atoms with E-state index in [0.717, 1.165) is 49.5 Å². The first-order valence-electron chi connectivity index (χ1n) is 8.92. The van der Waals surface area contributed by atoms with Gasteiger partial charge in [0.1, 0.15) is 24.1 Å². The molecule has 0 atom stereocenters. The molecule has 25 heavy (non-hydrogen) atoms. The van der Waals surface area contributed by atoms with Crippen molar-refractivity contribution < 1.29 is 4.39 Å². The lowest BCUT2D eigenvalue weighted by Gasteiger charge is -2.35. The number of rotatable bonds is 6. The minimum absolute atomic E-state index is 0.285. The Morgan fingerprint density at radius 3 is 2.68 bits per heavy atom. The first kappa shape index (κ1) is 16.3. The summed E-state index contributed by atoms with van der Waals surface area (Å²) in [6.45, 7) is 5.56. The Morgan fingerprint density at radius 2 is 1.96 bits per heavy atom. The second-order valence-corrected chi connectivity index (χ2v) is 6.78. The molecule has 1 saturated heterocycles. The second kappa shape index (κ2) is 6.95. The van der Waals surface area contributed by atoms with E-state index in [1.165, 1.54) is 18.5 Å². The molecule has 8 heteroatoms. The third-order valence-corrected chi connectivity index (χ3v) is 4.79. The normalized spacial score (nSPS) is 18.6. The fraction of sp³-hybridized carbons (Fsp3) is 0.588. The molecule has 2 aromatic rings. The summed E-state index contributed by atoms with van der Waals surface area (Å²) < 4.78 is 12.5. The van der Waals surface area contributed by atoms with Gasteiger partial charge in [0.05, 0.1) is 0 Å². The van der Waals surface area contributed by atoms with Crippen LogP contribution >= 0.6 is 0 Å². The van der Waals surface area contributed by atoms with Gasteiger partial charge in [-0.15, -0.1) is 0 Å². The SMILES string of the molecule is Cc1nc(Nc2cc(C3CC3)[nH]n2)cc(N2CCN(CCF)CC2)n1. The number of nitrogens with one attached hydrogen (secondary N) is 2. The van der Waals surface area contributed by atoms with E-state index >= 15 is 0 Å². The summed E-state index contributed by atoms with van der Waals surface area (Å²) in [7, 11) is 0. The third kappa shape index (κ3) is 3.89. The Kier molecular flexibility index (Phi) is 4.52. The summed E-state index contributed by atoms with van der Waals surface area (Å²) in [6.07, 6.45) is 2.49. The van der Waals surface area contributed by atoms with Gasteiger partial charge in [-0.2, -0.15) is 5.10 Å². The standard InChI is InChI=1S/C17H24FN7/c1-12-19-15(21-16-10-14(22-23-16)13-2-3-13)11-17(20-12)25-8-6-24(5-4-18)7-9-25/h10-11,13H,2-9H2,1H3,(H2,19,20,21,22,23). The van der Waals surface area contributed by atoms with Crippen molar-refractivity contribution in [1.29, 1.82) is 0 Å². The van der Waals surface area contributed by atoms with Crippen LogP contribution in [0.4, 0.5) is 21.8 Å². The number of piperazine rings is 1. The van der Waals surface area contributed by atoms with Crippen molar-refractivity contribution in [2.45, 2.75) is 25.7 Å². The topological polar surface area (TPSA) is 73.0 Å². The number of alkyl halides is 1. The maximum Gasteiger partial charge on any atom is 0.153 e. The van der Waals surface area contributed by atoms with Crippen LogP contribution < -0.4 is 10.2 Å².